The van der Waals surface area contributed by atoms with Gasteiger partial charge in [-0.05, 0) is 5.56 Å². The predicted octanol–water partition coefficient (Wildman–Crippen LogP) is 2.41. The first-order valence-electron chi connectivity index (χ1n) is 4.73. The van der Waals surface area contributed by atoms with Gasteiger partial charge in [0.1, 0.15) is 6.10 Å². The van der Waals surface area contributed by atoms with Crippen LogP contribution in [0, 0.1) is 0 Å². The fourth-order valence-corrected chi connectivity index (χ4v) is 2.10. The first kappa shape index (κ1) is 10.4. The van der Waals surface area contributed by atoms with E-state index >= 15 is 0 Å². The van der Waals surface area contributed by atoms with E-state index in [0.29, 0.717) is 18.8 Å². The summed E-state index contributed by atoms with van der Waals surface area (Å²) in [7, 11) is 0. The van der Waals surface area contributed by atoms with E-state index in [1.54, 1.807) is 0 Å². The Morgan fingerprint density at radius 3 is 2.64 bits per heavy atom. The Labute approximate surface area is 97.7 Å². The largest absolute Gasteiger partial charge is 0.374 e. The molecule has 0 aliphatic carbocycles. The van der Waals surface area contributed by atoms with E-state index in [9.17, 15) is 0 Å². The van der Waals surface area contributed by atoms with E-state index in [1.807, 2.05) is 18.2 Å². The summed E-state index contributed by atoms with van der Waals surface area (Å²) in [6.07, 6.45) is 0.780. The topological polar surface area (TPSA) is 21.8 Å². The van der Waals surface area contributed by atoms with Crippen molar-refractivity contribution in [2.75, 3.05) is 11.0 Å². The Hall–Kier alpha value is -0.130. The minimum Gasteiger partial charge on any atom is -0.374 e. The molecule has 1 aliphatic heterocycles. The van der Waals surface area contributed by atoms with Gasteiger partial charge in [-0.25, -0.2) is 0 Å². The Bertz CT molecular complexity index is 276. The van der Waals surface area contributed by atoms with Gasteiger partial charge in [-0.2, -0.15) is 0 Å². The molecule has 0 N–H and O–H groups in total. The van der Waals surface area contributed by atoms with Crippen LogP contribution in [0.3, 0.4) is 0 Å². The molecule has 0 amide bonds. The molecule has 1 aromatic rings. The zero-order valence-electron chi connectivity index (χ0n) is 7.86. The van der Waals surface area contributed by atoms with Crippen molar-refractivity contribution in [3.05, 3.63) is 35.9 Å². The minimum absolute atomic E-state index is 0.343. The van der Waals surface area contributed by atoms with Crippen molar-refractivity contribution in [3.63, 3.8) is 0 Å². The highest BCUT2D eigenvalue weighted by atomic mass is 127. The van der Waals surface area contributed by atoms with Crippen LogP contribution in [0.15, 0.2) is 30.3 Å². The molecule has 1 aromatic carbocycles. The van der Waals surface area contributed by atoms with Crippen LogP contribution in [0.4, 0.5) is 0 Å². The summed E-state index contributed by atoms with van der Waals surface area (Å²) in [4.78, 5) is 0. The Balaban J connectivity index is 1.64. The van der Waals surface area contributed by atoms with Crippen molar-refractivity contribution in [3.8, 4) is 0 Å². The number of halogens is 1. The van der Waals surface area contributed by atoms with Crippen LogP contribution in [0.1, 0.15) is 5.56 Å². The van der Waals surface area contributed by atoms with Gasteiger partial charge >= 0.3 is 0 Å². The molecule has 0 radical (unpaired) electrons. The second kappa shape index (κ2) is 5.09. The molecular weight excluding hydrogens is 291 g/mol. The Kier molecular flexibility index (Phi) is 3.78. The first-order chi connectivity index (χ1) is 6.90. The monoisotopic (exact) mass is 304 g/mol. The quantitative estimate of drug-likeness (QED) is 0.473. The van der Waals surface area contributed by atoms with Crippen LogP contribution in [0.25, 0.3) is 0 Å². The normalized spacial score (nSPS) is 24.9. The molecule has 1 heterocycles. The van der Waals surface area contributed by atoms with Crippen molar-refractivity contribution in [2.45, 2.75) is 18.8 Å². The summed E-state index contributed by atoms with van der Waals surface area (Å²) in [5.74, 6) is 0. The van der Waals surface area contributed by atoms with Crippen molar-refractivity contribution in [1.82, 2.24) is 0 Å². The van der Waals surface area contributed by atoms with Gasteiger partial charge in [-0.3, -0.25) is 0 Å². The molecule has 14 heavy (non-hydrogen) atoms. The average Bonchev–Trinajstić information content (AvgIpc) is 2.98. The van der Waals surface area contributed by atoms with E-state index in [4.69, 9.17) is 9.47 Å². The van der Waals surface area contributed by atoms with Crippen LogP contribution in [0.2, 0.25) is 0 Å². The zero-order valence-corrected chi connectivity index (χ0v) is 10.0. The lowest BCUT2D eigenvalue weighted by atomic mass is 10.2. The van der Waals surface area contributed by atoms with E-state index in [-0.39, 0.29) is 0 Å². The molecule has 3 heteroatoms. The Morgan fingerprint density at radius 2 is 2.00 bits per heavy atom. The maximum Gasteiger partial charge on any atom is 0.108 e. The number of rotatable bonds is 5. The number of benzene rings is 1. The van der Waals surface area contributed by atoms with Gasteiger partial charge in [0.15, 0.2) is 0 Å². The molecule has 2 atom stereocenters. The van der Waals surface area contributed by atoms with Crippen molar-refractivity contribution >= 4 is 22.6 Å². The van der Waals surface area contributed by atoms with Gasteiger partial charge < -0.3 is 9.47 Å². The second-order valence-corrected chi connectivity index (χ2v) is 4.25. The third-order valence-corrected chi connectivity index (χ3v) is 3.10. The van der Waals surface area contributed by atoms with Gasteiger partial charge in [0.2, 0.25) is 0 Å². The molecule has 1 aliphatic rings. The predicted molar refractivity (Wildman–Crippen MR) is 63.6 cm³/mol. The molecule has 0 bridgehead atoms. The van der Waals surface area contributed by atoms with Gasteiger partial charge in [-0.15, -0.1) is 0 Å². The summed E-state index contributed by atoms with van der Waals surface area (Å²) in [6, 6.07) is 10.2. The molecule has 0 spiro atoms. The summed E-state index contributed by atoms with van der Waals surface area (Å²) in [5.41, 5.74) is 1.22. The van der Waals surface area contributed by atoms with Crippen molar-refractivity contribution in [2.24, 2.45) is 0 Å². The Morgan fingerprint density at radius 1 is 1.21 bits per heavy atom. The van der Waals surface area contributed by atoms with E-state index in [2.05, 4.69) is 34.7 Å². The standard InChI is InChI=1S/C11H13IO2/c12-6-10-11(14-10)8-13-7-9-4-2-1-3-5-9/h1-5,10-11H,6-8H2/t10-,11-/m1/s1. The summed E-state index contributed by atoms with van der Waals surface area (Å²) in [5, 5.41) is 0. The molecule has 76 valence electrons. The number of epoxide rings is 1. The lowest BCUT2D eigenvalue weighted by molar-refractivity contribution is 0.104. The van der Waals surface area contributed by atoms with Crippen LogP contribution < -0.4 is 0 Å². The lowest BCUT2D eigenvalue weighted by Crippen LogP contribution is -2.05. The maximum absolute atomic E-state index is 5.55. The van der Waals surface area contributed by atoms with E-state index < -0.39 is 0 Å². The summed E-state index contributed by atoms with van der Waals surface area (Å²) >= 11 is 2.34. The fourth-order valence-electron chi connectivity index (χ4n) is 1.33. The highest BCUT2D eigenvalue weighted by molar-refractivity contribution is 14.1. The molecule has 0 aromatic heterocycles. The first-order valence-corrected chi connectivity index (χ1v) is 6.26. The van der Waals surface area contributed by atoms with Gasteiger partial charge in [0.25, 0.3) is 0 Å². The average molecular weight is 304 g/mol. The molecule has 2 rings (SSSR count). The van der Waals surface area contributed by atoms with Gasteiger partial charge in [-0.1, -0.05) is 52.9 Å². The van der Waals surface area contributed by atoms with Crippen LogP contribution in [0.5, 0.6) is 0 Å². The highest BCUT2D eigenvalue weighted by Crippen LogP contribution is 2.24. The van der Waals surface area contributed by atoms with Crippen molar-refractivity contribution in [1.29, 1.82) is 0 Å². The van der Waals surface area contributed by atoms with Gasteiger partial charge in [0, 0.05) is 4.43 Å². The third-order valence-electron chi connectivity index (χ3n) is 2.23. The number of hydrogen-bond donors (Lipinski definition) is 0. The summed E-state index contributed by atoms with van der Waals surface area (Å²) in [6.45, 7) is 1.41. The highest BCUT2D eigenvalue weighted by Gasteiger charge is 2.37. The molecule has 2 nitrogen and oxygen atoms in total. The summed E-state index contributed by atoms with van der Waals surface area (Å²) < 4.78 is 12.0. The SMILES string of the molecule is IC[C@H]1O[C@@H]1COCc1ccccc1. The maximum atomic E-state index is 5.55. The van der Waals surface area contributed by atoms with Gasteiger partial charge in [0.05, 0.1) is 19.3 Å². The zero-order chi connectivity index (χ0) is 9.80. The van der Waals surface area contributed by atoms with E-state index in [1.165, 1.54) is 5.56 Å². The van der Waals surface area contributed by atoms with Crippen LogP contribution in [-0.4, -0.2) is 23.2 Å². The lowest BCUT2D eigenvalue weighted by Gasteiger charge is -2.01. The molecule has 0 saturated carbocycles. The van der Waals surface area contributed by atoms with Crippen LogP contribution in [-0.2, 0) is 16.1 Å². The smallest absolute Gasteiger partial charge is 0.108 e. The number of hydrogen-bond acceptors (Lipinski definition) is 2. The third kappa shape index (κ3) is 2.93. The number of ether oxygens (including phenoxy) is 2. The van der Waals surface area contributed by atoms with E-state index in [0.717, 1.165) is 11.0 Å². The molecule has 1 saturated heterocycles. The van der Waals surface area contributed by atoms with Crippen molar-refractivity contribution < 1.29 is 9.47 Å². The fraction of sp³-hybridized carbons (Fsp3) is 0.455. The molecular formula is C11H13IO2. The minimum atomic E-state index is 0.343. The molecule has 0 unspecified atom stereocenters. The van der Waals surface area contributed by atoms with Crippen LogP contribution >= 0.6 is 22.6 Å². The second-order valence-electron chi connectivity index (χ2n) is 3.37. The number of alkyl halides is 1. The molecule has 1 fully saturated rings.